The Hall–Kier alpha value is -1.89. The second kappa shape index (κ2) is 6.64. The molecule has 0 radical (unpaired) electrons. The lowest BCUT2D eigenvalue weighted by Crippen LogP contribution is -2.30. The zero-order chi connectivity index (χ0) is 12.7. The summed E-state index contributed by atoms with van der Waals surface area (Å²) in [4.78, 5) is 18.9. The fourth-order valence-corrected chi connectivity index (χ4v) is 1.19. The lowest BCUT2D eigenvalue weighted by Gasteiger charge is -2.14. The molecule has 0 amide bonds. The van der Waals surface area contributed by atoms with E-state index in [1.165, 1.54) is 26.6 Å². The van der Waals surface area contributed by atoms with Crippen LogP contribution >= 0.6 is 0 Å². The van der Waals surface area contributed by atoms with E-state index in [1.54, 1.807) is 0 Å². The maximum atomic E-state index is 11.0. The Morgan fingerprint density at radius 2 is 2.29 bits per heavy atom. The molecule has 2 N–H and O–H groups in total. The molecule has 1 aromatic heterocycles. The summed E-state index contributed by atoms with van der Waals surface area (Å²) >= 11 is 0. The number of rotatable bonds is 7. The van der Waals surface area contributed by atoms with Gasteiger partial charge in [0.15, 0.2) is 0 Å². The van der Waals surface area contributed by atoms with Crippen LogP contribution in [-0.2, 0) is 9.53 Å². The van der Waals surface area contributed by atoms with Crippen molar-refractivity contribution in [3.8, 4) is 5.88 Å². The molecule has 0 saturated heterocycles. The van der Waals surface area contributed by atoms with Gasteiger partial charge in [0.05, 0.1) is 19.5 Å². The molecule has 7 nitrogen and oxygen atoms in total. The van der Waals surface area contributed by atoms with Gasteiger partial charge in [-0.25, -0.2) is 4.79 Å². The van der Waals surface area contributed by atoms with Crippen molar-refractivity contribution in [3.63, 3.8) is 0 Å². The zero-order valence-electron chi connectivity index (χ0n) is 9.71. The second-order valence-corrected chi connectivity index (χ2v) is 3.26. The van der Waals surface area contributed by atoms with Gasteiger partial charge in [-0.15, -0.1) is 0 Å². The Balaban J connectivity index is 2.67. The molecule has 0 spiro atoms. The quantitative estimate of drug-likeness (QED) is 0.713. The van der Waals surface area contributed by atoms with Gasteiger partial charge in [0.2, 0.25) is 5.88 Å². The number of nitrogens with zero attached hydrogens (tertiary/aromatic N) is 2. The molecule has 1 heterocycles. The maximum absolute atomic E-state index is 11.0. The molecule has 0 aliphatic heterocycles. The summed E-state index contributed by atoms with van der Waals surface area (Å²) in [6, 6.07) is -0.767. The normalized spacial score (nSPS) is 11.9. The van der Waals surface area contributed by atoms with E-state index in [0.29, 0.717) is 24.7 Å². The third-order valence-electron chi connectivity index (χ3n) is 2.05. The Bertz CT molecular complexity index is 372. The first-order valence-electron chi connectivity index (χ1n) is 5.01. The van der Waals surface area contributed by atoms with Gasteiger partial charge in [0, 0.05) is 20.1 Å². The molecule has 94 valence electrons. The van der Waals surface area contributed by atoms with Gasteiger partial charge < -0.3 is 19.9 Å². The van der Waals surface area contributed by atoms with Gasteiger partial charge in [-0.2, -0.15) is 4.98 Å². The summed E-state index contributed by atoms with van der Waals surface area (Å²) < 4.78 is 9.73. The summed E-state index contributed by atoms with van der Waals surface area (Å²) in [5, 5.41) is 11.7. The van der Waals surface area contributed by atoms with Crippen molar-refractivity contribution in [2.45, 2.75) is 12.5 Å². The van der Waals surface area contributed by atoms with Gasteiger partial charge in [-0.3, -0.25) is 4.98 Å². The summed E-state index contributed by atoms with van der Waals surface area (Å²) in [7, 11) is 2.98. The van der Waals surface area contributed by atoms with E-state index in [9.17, 15) is 4.79 Å². The van der Waals surface area contributed by atoms with Crippen molar-refractivity contribution >= 4 is 11.8 Å². The SMILES string of the molecule is COCCC(Nc1cncc(OC)n1)C(=O)O. The summed E-state index contributed by atoms with van der Waals surface area (Å²) in [5.74, 6) is -0.287. The summed E-state index contributed by atoms with van der Waals surface area (Å²) in [5.41, 5.74) is 0. The first-order chi connectivity index (χ1) is 8.17. The second-order valence-electron chi connectivity index (χ2n) is 3.26. The van der Waals surface area contributed by atoms with Gasteiger partial charge in [0.1, 0.15) is 11.9 Å². The van der Waals surface area contributed by atoms with Crippen molar-refractivity contribution in [1.82, 2.24) is 9.97 Å². The number of methoxy groups -OCH3 is 2. The number of ether oxygens (including phenoxy) is 2. The predicted octanol–water partition coefficient (Wildman–Crippen LogP) is 0.387. The highest BCUT2D eigenvalue weighted by Crippen LogP contribution is 2.10. The van der Waals surface area contributed by atoms with Crippen molar-refractivity contribution in [3.05, 3.63) is 12.4 Å². The van der Waals surface area contributed by atoms with E-state index in [0.717, 1.165) is 0 Å². The number of aromatic nitrogens is 2. The molecule has 1 rings (SSSR count). The van der Waals surface area contributed by atoms with Crippen LogP contribution in [0.3, 0.4) is 0 Å². The number of nitrogens with one attached hydrogen (secondary N) is 1. The van der Waals surface area contributed by atoms with Crippen LogP contribution in [-0.4, -0.2) is 47.9 Å². The highest BCUT2D eigenvalue weighted by molar-refractivity contribution is 5.76. The number of carboxylic acid groups (broad SMARTS) is 1. The van der Waals surface area contributed by atoms with Gasteiger partial charge in [-0.1, -0.05) is 0 Å². The fourth-order valence-electron chi connectivity index (χ4n) is 1.19. The number of hydrogen-bond acceptors (Lipinski definition) is 6. The lowest BCUT2D eigenvalue weighted by molar-refractivity contribution is -0.138. The van der Waals surface area contributed by atoms with E-state index >= 15 is 0 Å². The Kier molecular flexibility index (Phi) is 5.15. The van der Waals surface area contributed by atoms with E-state index in [-0.39, 0.29) is 0 Å². The molecule has 0 fully saturated rings. The average molecular weight is 241 g/mol. The molecule has 1 aromatic rings. The smallest absolute Gasteiger partial charge is 0.326 e. The molecular weight excluding hydrogens is 226 g/mol. The predicted molar refractivity (Wildman–Crippen MR) is 60.1 cm³/mol. The van der Waals surface area contributed by atoms with Crippen molar-refractivity contribution in [2.75, 3.05) is 26.1 Å². The van der Waals surface area contributed by atoms with Gasteiger partial charge in [0.25, 0.3) is 0 Å². The molecule has 7 heteroatoms. The number of aliphatic carboxylic acids is 1. The highest BCUT2D eigenvalue weighted by Gasteiger charge is 2.17. The Labute approximate surface area is 98.8 Å². The number of carbonyl (C=O) groups is 1. The molecule has 1 atom stereocenters. The average Bonchev–Trinajstić information content (AvgIpc) is 2.34. The summed E-state index contributed by atoms with van der Waals surface area (Å²) in [6.07, 6.45) is 3.21. The van der Waals surface area contributed by atoms with Crippen molar-refractivity contribution < 1.29 is 19.4 Å². The number of anilines is 1. The highest BCUT2D eigenvalue weighted by atomic mass is 16.5. The Morgan fingerprint density at radius 3 is 2.88 bits per heavy atom. The fraction of sp³-hybridized carbons (Fsp3) is 0.500. The van der Waals surface area contributed by atoms with Crippen LogP contribution in [0.1, 0.15) is 6.42 Å². The van der Waals surface area contributed by atoms with Crippen LogP contribution in [0.25, 0.3) is 0 Å². The van der Waals surface area contributed by atoms with Crippen LogP contribution in [0.15, 0.2) is 12.4 Å². The molecule has 0 aliphatic carbocycles. The molecule has 1 unspecified atom stereocenters. The lowest BCUT2D eigenvalue weighted by atomic mass is 10.2. The summed E-state index contributed by atoms with van der Waals surface area (Å²) in [6.45, 7) is 0.349. The zero-order valence-corrected chi connectivity index (χ0v) is 9.71. The van der Waals surface area contributed by atoms with Crippen molar-refractivity contribution in [1.29, 1.82) is 0 Å². The largest absolute Gasteiger partial charge is 0.480 e. The third kappa shape index (κ3) is 4.23. The molecule has 17 heavy (non-hydrogen) atoms. The minimum absolute atomic E-state index is 0.325. The molecule has 0 aromatic carbocycles. The Morgan fingerprint density at radius 1 is 1.53 bits per heavy atom. The van der Waals surface area contributed by atoms with Crippen LogP contribution in [0.4, 0.5) is 5.82 Å². The topological polar surface area (TPSA) is 93.6 Å². The maximum Gasteiger partial charge on any atom is 0.326 e. The number of hydrogen-bond donors (Lipinski definition) is 2. The van der Waals surface area contributed by atoms with Crippen LogP contribution in [0.5, 0.6) is 5.88 Å². The van der Waals surface area contributed by atoms with Crippen LogP contribution in [0.2, 0.25) is 0 Å². The molecule has 0 bridgehead atoms. The third-order valence-corrected chi connectivity index (χ3v) is 2.05. The molecule has 0 aliphatic rings. The molecule has 0 saturated carbocycles. The molecular formula is C10H15N3O4. The van der Waals surface area contributed by atoms with E-state index in [1.807, 2.05) is 0 Å². The van der Waals surface area contributed by atoms with Crippen LogP contribution < -0.4 is 10.1 Å². The van der Waals surface area contributed by atoms with E-state index in [4.69, 9.17) is 14.6 Å². The van der Waals surface area contributed by atoms with Crippen LogP contribution in [0, 0.1) is 0 Å². The van der Waals surface area contributed by atoms with Crippen molar-refractivity contribution in [2.24, 2.45) is 0 Å². The monoisotopic (exact) mass is 241 g/mol. The minimum atomic E-state index is -0.966. The first kappa shape index (κ1) is 13.2. The standard InChI is InChI=1S/C10H15N3O4/c1-16-4-3-7(10(14)15)12-8-5-11-6-9(13-8)17-2/h5-7H,3-4H2,1-2H3,(H,12,13)(H,14,15). The first-order valence-corrected chi connectivity index (χ1v) is 5.01. The van der Waals surface area contributed by atoms with Gasteiger partial charge in [-0.05, 0) is 0 Å². The van der Waals surface area contributed by atoms with E-state index < -0.39 is 12.0 Å². The van der Waals surface area contributed by atoms with E-state index in [2.05, 4.69) is 15.3 Å². The number of carboxylic acids is 1. The minimum Gasteiger partial charge on any atom is -0.480 e. The van der Waals surface area contributed by atoms with Gasteiger partial charge >= 0.3 is 5.97 Å².